The van der Waals surface area contributed by atoms with Crippen LogP contribution in [0.2, 0.25) is 0 Å². The Balaban J connectivity index is 2.21. The zero-order valence-corrected chi connectivity index (χ0v) is 10.8. The lowest BCUT2D eigenvalue weighted by Gasteiger charge is -2.10. The van der Waals surface area contributed by atoms with E-state index in [0.29, 0.717) is 0 Å². The van der Waals surface area contributed by atoms with Crippen molar-refractivity contribution in [3.8, 4) is 0 Å². The number of halogens is 1. The molecule has 0 bridgehead atoms. The van der Waals surface area contributed by atoms with Crippen molar-refractivity contribution in [2.75, 3.05) is 0 Å². The number of aliphatic hydroxyl groups excluding tert-OH is 1. The molecule has 0 amide bonds. The predicted octanol–water partition coefficient (Wildman–Crippen LogP) is 4.16. The quantitative estimate of drug-likeness (QED) is 0.899. The van der Waals surface area contributed by atoms with E-state index in [9.17, 15) is 5.11 Å². The zero-order valence-electron chi connectivity index (χ0n) is 9.25. The summed E-state index contributed by atoms with van der Waals surface area (Å²) in [6.07, 6.45) is 1.31. The number of hydrogen-bond acceptors (Lipinski definition) is 1. The second kappa shape index (κ2) is 5.80. The van der Waals surface area contributed by atoms with E-state index in [0.717, 1.165) is 15.6 Å². The fourth-order valence-corrected chi connectivity index (χ4v) is 2.11. The fraction of sp³-hybridized carbons (Fsp3) is 0.0667. The maximum Gasteiger partial charge on any atom is 0.110 e. The third-order valence-electron chi connectivity index (χ3n) is 2.48. The summed E-state index contributed by atoms with van der Waals surface area (Å²) in [6.45, 7) is 0. The van der Waals surface area contributed by atoms with E-state index in [4.69, 9.17) is 0 Å². The van der Waals surface area contributed by atoms with Crippen molar-refractivity contribution in [1.29, 1.82) is 0 Å². The molecular weight excluding hydrogens is 276 g/mol. The highest BCUT2D eigenvalue weighted by atomic mass is 79.9. The summed E-state index contributed by atoms with van der Waals surface area (Å²) in [5.74, 6) is 0. The first kappa shape index (κ1) is 12.1. The summed E-state index contributed by atoms with van der Waals surface area (Å²) < 4.78 is 0.759. The third-order valence-corrected chi connectivity index (χ3v) is 3.14. The molecule has 1 atom stereocenters. The smallest absolute Gasteiger partial charge is 0.110 e. The van der Waals surface area contributed by atoms with Gasteiger partial charge in [-0.2, -0.15) is 0 Å². The minimum absolute atomic E-state index is 0.614. The molecule has 0 aliphatic heterocycles. The lowest BCUT2D eigenvalue weighted by Crippen LogP contribution is -1.96. The van der Waals surface area contributed by atoms with Crippen LogP contribution >= 0.6 is 15.9 Å². The van der Waals surface area contributed by atoms with Crippen LogP contribution in [0.15, 0.2) is 65.1 Å². The summed E-state index contributed by atoms with van der Waals surface area (Å²) in [6, 6.07) is 19.5. The molecule has 0 aliphatic carbocycles. The predicted molar refractivity (Wildman–Crippen MR) is 74.7 cm³/mol. The standard InChI is InChI=1S/C15H13BrO/c16-14(11-12-7-3-1-4-8-12)15(17)13-9-5-2-6-10-13/h1-11,15,17H/b14-11-/t15-/m0/s1. The average Bonchev–Trinajstić information content (AvgIpc) is 2.40. The van der Waals surface area contributed by atoms with Crippen LogP contribution in [0.1, 0.15) is 17.2 Å². The Morgan fingerprint density at radius 1 is 0.941 bits per heavy atom. The van der Waals surface area contributed by atoms with Crippen LogP contribution in [-0.4, -0.2) is 5.11 Å². The molecule has 0 fully saturated rings. The summed E-state index contributed by atoms with van der Waals surface area (Å²) in [4.78, 5) is 0. The lowest BCUT2D eigenvalue weighted by molar-refractivity contribution is 0.226. The van der Waals surface area contributed by atoms with E-state index < -0.39 is 6.10 Å². The van der Waals surface area contributed by atoms with Crippen LogP contribution in [0, 0.1) is 0 Å². The van der Waals surface area contributed by atoms with Crippen LogP contribution in [0.3, 0.4) is 0 Å². The summed E-state index contributed by atoms with van der Waals surface area (Å²) in [7, 11) is 0. The van der Waals surface area contributed by atoms with E-state index in [2.05, 4.69) is 15.9 Å². The molecule has 2 aromatic rings. The molecule has 86 valence electrons. The zero-order chi connectivity index (χ0) is 12.1. The van der Waals surface area contributed by atoms with E-state index >= 15 is 0 Å². The van der Waals surface area contributed by atoms with Gasteiger partial charge in [-0.25, -0.2) is 0 Å². The number of hydrogen-bond donors (Lipinski definition) is 1. The first-order valence-corrected chi connectivity index (χ1v) is 6.22. The van der Waals surface area contributed by atoms with E-state index in [1.54, 1.807) is 0 Å². The van der Waals surface area contributed by atoms with Crippen molar-refractivity contribution in [3.05, 3.63) is 76.3 Å². The Morgan fingerprint density at radius 3 is 2.06 bits per heavy atom. The third kappa shape index (κ3) is 3.29. The van der Waals surface area contributed by atoms with Crippen LogP contribution in [0.4, 0.5) is 0 Å². The van der Waals surface area contributed by atoms with Gasteiger partial charge < -0.3 is 5.11 Å². The highest BCUT2D eigenvalue weighted by Gasteiger charge is 2.09. The van der Waals surface area contributed by atoms with Gasteiger partial charge in [0.25, 0.3) is 0 Å². The molecule has 0 aliphatic rings. The summed E-state index contributed by atoms with van der Waals surface area (Å²) >= 11 is 3.43. The maximum atomic E-state index is 10.1. The molecule has 2 rings (SSSR count). The average molecular weight is 289 g/mol. The normalized spacial score (nSPS) is 13.4. The Bertz CT molecular complexity index is 491. The first-order chi connectivity index (χ1) is 8.27. The molecule has 2 aromatic carbocycles. The fourth-order valence-electron chi connectivity index (χ4n) is 1.58. The van der Waals surface area contributed by atoms with Crippen LogP contribution in [0.5, 0.6) is 0 Å². The van der Waals surface area contributed by atoms with Crippen molar-refractivity contribution in [2.45, 2.75) is 6.10 Å². The minimum atomic E-state index is -0.614. The van der Waals surface area contributed by atoms with Gasteiger partial charge in [-0.05, 0) is 17.2 Å². The molecule has 0 heterocycles. The van der Waals surface area contributed by atoms with Crippen molar-refractivity contribution in [2.24, 2.45) is 0 Å². The van der Waals surface area contributed by atoms with Crippen molar-refractivity contribution < 1.29 is 5.11 Å². The van der Waals surface area contributed by atoms with E-state index in [1.165, 1.54) is 0 Å². The highest BCUT2D eigenvalue weighted by molar-refractivity contribution is 9.11. The summed E-state index contributed by atoms with van der Waals surface area (Å²) in [5, 5.41) is 10.1. The first-order valence-electron chi connectivity index (χ1n) is 5.42. The van der Waals surface area contributed by atoms with E-state index in [1.807, 2.05) is 66.7 Å². The molecule has 0 saturated heterocycles. The van der Waals surface area contributed by atoms with Crippen molar-refractivity contribution >= 4 is 22.0 Å². The molecule has 17 heavy (non-hydrogen) atoms. The molecule has 0 unspecified atom stereocenters. The molecule has 0 saturated carbocycles. The summed E-state index contributed by atoms with van der Waals surface area (Å²) in [5.41, 5.74) is 1.95. The maximum absolute atomic E-state index is 10.1. The Morgan fingerprint density at radius 2 is 1.47 bits per heavy atom. The van der Waals surface area contributed by atoms with Gasteiger partial charge in [0.15, 0.2) is 0 Å². The van der Waals surface area contributed by atoms with Gasteiger partial charge in [0.1, 0.15) is 6.10 Å². The van der Waals surface area contributed by atoms with Gasteiger partial charge in [0, 0.05) is 4.48 Å². The van der Waals surface area contributed by atoms with Crippen molar-refractivity contribution in [3.63, 3.8) is 0 Å². The van der Waals surface area contributed by atoms with Gasteiger partial charge in [0.05, 0.1) is 0 Å². The van der Waals surface area contributed by atoms with Gasteiger partial charge in [0.2, 0.25) is 0 Å². The second-order valence-electron chi connectivity index (χ2n) is 3.75. The molecule has 0 radical (unpaired) electrons. The lowest BCUT2D eigenvalue weighted by atomic mass is 10.1. The van der Waals surface area contributed by atoms with Crippen LogP contribution in [0.25, 0.3) is 6.08 Å². The number of benzene rings is 2. The Hall–Kier alpha value is -1.38. The van der Waals surface area contributed by atoms with Crippen molar-refractivity contribution in [1.82, 2.24) is 0 Å². The van der Waals surface area contributed by atoms with Gasteiger partial charge in [-0.15, -0.1) is 0 Å². The second-order valence-corrected chi connectivity index (χ2v) is 4.67. The Kier molecular flexibility index (Phi) is 4.13. The Labute approximate surface area is 110 Å². The molecular formula is C15H13BrO. The molecule has 0 spiro atoms. The minimum Gasteiger partial charge on any atom is -0.383 e. The van der Waals surface area contributed by atoms with Gasteiger partial charge in [-0.1, -0.05) is 76.6 Å². The van der Waals surface area contributed by atoms with Gasteiger partial charge >= 0.3 is 0 Å². The molecule has 2 heteroatoms. The molecule has 1 nitrogen and oxygen atoms in total. The highest BCUT2D eigenvalue weighted by Crippen LogP contribution is 2.27. The van der Waals surface area contributed by atoms with Crippen LogP contribution in [-0.2, 0) is 0 Å². The topological polar surface area (TPSA) is 20.2 Å². The number of rotatable bonds is 3. The van der Waals surface area contributed by atoms with Gasteiger partial charge in [-0.3, -0.25) is 0 Å². The van der Waals surface area contributed by atoms with Crippen LogP contribution < -0.4 is 0 Å². The molecule has 0 aromatic heterocycles. The number of aliphatic hydroxyl groups is 1. The van der Waals surface area contributed by atoms with E-state index in [-0.39, 0.29) is 0 Å². The largest absolute Gasteiger partial charge is 0.383 e. The molecule has 1 N–H and O–H groups in total. The monoisotopic (exact) mass is 288 g/mol. The SMILES string of the molecule is O[C@H](/C(Br)=C/c1ccccc1)c1ccccc1.